The summed E-state index contributed by atoms with van der Waals surface area (Å²) in [5, 5.41) is 0. The third-order valence-electron chi connectivity index (χ3n) is 5.02. The lowest BCUT2D eigenvalue weighted by Gasteiger charge is -2.25. The van der Waals surface area contributed by atoms with Crippen LogP contribution >= 0.6 is 0 Å². The van der Waals surface area contributed by atoms with Crippen LogP contribution in [-0.2, 0) is 19.1 Å². The number of carbonyl (C=O) groups is 2. The maximum atomic E-state index is 12.0. The minimum atomic E-state index is -0.143. The number of hydrogen-bond acceptors (Lipinski definition) is 4. The highest BCUT2D eigenvalue weighted by molar-refractivity contribution is 5.75. The SMILES string of the molecule is COC(=O)C1CCC(C(=O)OCCCCCCCCC(C)C)CC1. The molecule has 0 aromatic heterocycles. The predicted octanol–water partition coefficient (Wildman–Crippen LogP) is 4.90. The molecule has 140 valence electrons. The Balaban J connectivity index is 1.98. The van der Waals surface area contributed by atoms with Crippen LogP contribution in [0.4, 0.5) is 0 Å². The molecule has 0 unspecified atom stereocenters. The molecule has 0 atom stereocenters. The van der Waals surface area contributed by atoms with Gasteiger partial charge in [0.1, 0.15) is 0 Å². The molecular weight excluding hydrogens is 304 g/mol. The van der Waals surface area contributed by atoms with Crippen LogP contribution in [0.5, 0.6) is 0 Å². The average Bonchev–Trinajstić information content (AvgIpc) is 2.59. The third kappa shape index (κ3) is 8.70. The fraction of sp³-hybridized carbons (Fsp3) is 0.900. The summed E-state index contributed by atoms with van der Waals surface area (Å²) < 4.78 is 10.2. The number of carbonyl (C=O) groups excluding carboxylic acids is 2. The van der Waals surface area contributed by atoms with Crippen LogP contribution in [0.15, 0.2) is 0 Å². The molecule has 1 rings (SSSR count). The van der Waals surface area contributed by atoms with Gasteiger partial charge in [-0.1, -0.05) is 52.4 Å². The lowest BCUT2D eigenvalue weighted by atomic mass is 9.82. The number of unbranched alkanes of at least 4 members (excludes halogenated alkanes) is 5. The van der Waals surface area contributed by atoms with Crippen LogP contribution in [0.1, 0.15) is 84.5 Å². The van der Waals surface area contributed by atoms with Crippen LogP contribution in [0, 0.1) is 17.8 Å². The minimum Gasteiger partial charge on any atom is -0.469 e. The van der Waals surface area contributed by atoms with Crippen molar-refractivity contribution in [3.05, 3.63) is 0 Å². The zero-order chi connectivity index (χ0) is 17.8. The number of ether oxygens (including phenoxy) is 2. The molecule has 0 radical (unpaired) electrons. The second-order valence-corrected chi connectivity index (χ2v) is 7.54. The number of methoxy groups -OCH3 is 1. The Labute approximate surface area is 147 Å². The van der Waals surface area contributed by atoms with E-state index in [4.69, 9.17) is 9.47 Å². The molecule has 1 aliphatic carbocycles. The summed E-state index contributed by atoms with van der Waals surface area (Å²) >= 11 is 0. The fourth-order valence-electron chi connectivity index (χ4n) is 3.38. The molecule has 1 fully saturated rings. The van der Waals surface area contributed by atoms with E-state index in [2.05, 4.69) is 13.8 Å². The summed E-state index contributed by atoms with van der Waals surface area (Å²) in [5.41, 5.74) is 0. The molecule has 0 aliphatic heterocycles. The highest BCUT2D eigenvalue weighted by atomic mass is 16.5. The van der Waals surface area contributed by atoms with Gasteiger partial charge in [0.05, 0.1) is 25.6 Å². The van der Waals surface area contributed by atoms with Crippen molar-refractivity contribution in [1.29, 1.82) is 0 Å². The van der Waals surface area contributed by atoms with Gasteiger partial charge in [0.15, 0.2) is 0 Å². The number of esters is 2. The molecule has 0 aromatic rings. The Kier molecular flexibility index (Phi) is 10.8. The predicted molar refractivity (Wildman–Crippen MR) is 95.6 cm³/mol. The van der Waals surface area contributed by atoms with Crippen molar-refractivity contribution in [2.24, 2.45) is 17.8 Å². The second-order valence-electron chi connectivity index (χ2n) is 7.54. The zero-order valence-corrected chi connectivity index (χ0v) is 15.9. The second kappa shape index (κ2) is 12.3. The van der Waals surface area contributed by atoms with Crippen LogP contribution in [0.25, 0.3) is 0 Å². The van der Waals surface area contributed by atoms with Crippen molar-refractivity contribution in [3.8, 4) is 0 Å². The summed E-state index contributed by atoms with van der Waals surface area (Å²) in [6.07, 6.45) is 11.6. The summed E-state index contributed by atoms with van der Waals surface area (Å²) in [7, 11) is 1.42. The summed E-state index contributed by atoms with van der Waals surface area (Å²) in [5.74, 6) is 0.536. The lowest BCUT2D eigenvalue weighted by molar-refractivity contribution is -0.153. The van der Waals surface area contributed by atoms with Crippen molar-refractivity contribution >= 4 is 11.9 Å². The molecule has 0 amide bonds. The lowest BCUT2D eigenvalue weighted by Crippen LogP contribution is -2.28. The third-order valence-corrected chi connectivity index (χ3v) is 5.02. The Morgan fingerprint density at radius 2 is 1.33 bits per heavy atom. The Morgan fingerprint density at radius 3 is 1.88 bits per heavy atom. The smallest absolute Gasteiger partial charge is 0.308 e. The fourth-order valence-corrected chi connectivity index (χ4v) is 3.38. The molecule has 0 saturated heterocycles. The Hall–Kier alpha value is -1.06. The van der Waals surface area contributed by atoms with Crippen molar-refractivity contribution in [2.75, 3.05) is 13.7 Å². The summed E-state index contributed by atoms with van der Waals surface area (Å²) in [6.45, 7) is 5.09. The summed E-state index contributed by atoms with van der Waals surface area (Å²) in [6, 6.07) is 0. The van der Waals surface area contributed by atoms with Crippen LogP contribution in [0.3, 0.4) is 0 Å². The maximum absolute atomic E-state index is 12.0. The van der Waals surface area contributed by atoms with Gasteiger partial charge in [-0.3, -0.25) is 9.59 Å². The van der Waals surface area contributed by atoms with Crippen LogP contribution in [-0.4, -0.2) is 25.7 Å². The van der Waals surface area contributed by atoms with E-state index in [-0.39, 0.29) is 23.8 Å². The highest BCUT2D eigenvalue weighted by Gasteiger charge is 2.31. The normalized spacial score (nSPS) is 20.8. The maximum Gasteiger partial charge on any atom is 0.308 e. The monoisotopic (exact) mass is 340 g/mol. The van der Waals surface area contributed by atoms with E-state index in [1.807, 2.05) is 0 Å². The average molecular weight is 341 g/mol. The first kappa shape index (κ1) is 21.0. The molecule has 1 aliphatic rings. The first-order valence-electron chi connectivity index (χ1n) is 9.79. The molecule has 0 N–H and O–H groups in total. The van der Waals surface area contributed by atoms with E-state index < -0.39 is 0 Å². The van der Waals surface area contributed by atoms with Crippen LogP contribution in [0.2, 0.25) is 0 Å². The number of rotatable bonds is 11. The van der Waals surface area contributed by atoms with E-state index in [9.17, 15) is 9.59 Å². The highest BCUT2D eigenvalue weighted by Crippen LogP contribution is 2.30. The quantitative estimate of drug-likeness (QED) is 0.397. The van der Waals surface area contributed by atoms with E-state index in [1.165, 1.54) is 39.2 Å². The summed E-state index contributed by atoms with van der Waals surface area (Å²) in [4.78, 5) is 23.5. The molecular formula is C20H36O4. The Morgan fingerprint density at radius 1 is 0.833 bits per heavy atom. The van der Waals surface area contributed by atoms with Crippen molar-refractivity contribution in [1.82, 2.24) is 0 Å². The molecule has 0 heterocycles. The van der Waals surface area contributed by atoms with Crippen LogP contribution < -0.4 is 0 Å². The van der Waals surface area contributed by atoms with E-state index in [1.54, 1.807) is 0 Å². The first-order valence-corrected chi connectivity index (χ1v) is 9.79. The van der Waals surface area contributed by atoms with Gasteiger partial charge in [-0.25, -0.2) is 0 Å². The molecule has 4 nitrogen and oxygen atoms in total. The van der Waals surface area contributed by atoms with E-state index in [0.29, 0.717) is 6.61 Å². The minimum absolute atomic E-state index is 0.0260. The van der Waals surface area contributed by atoms with Gasteiger partial charge in [-0.05, 0) is 38.0 Å². The molecule has 0 spiro atoms. The van der Waals surface area contributed by atoms with E-state index >= 15 is 0 Å². The van der Waals surface area contributed by atoms with Gasteiger partial charge >= 0.3 is 11.9 Å². The topological polar surface area (TPSA) is 52.6 Å². The Bertz CT molecular complexity index is 357. The van der Waals surface area contributed by atoms with Gasteiger partial charge in [0.2, 0.25) is 0 Å². The number of hydrogen-bond donors (Lipinski definition) is 0. The molecule has 1 saturated carbocycles. The van der Waals surface area contributed by atoms with Gasteiger partial charge in [0, 0.05) is 0 Å². The van der Waals surface area contributed by atoms with Gasteiger partial charge in [0.25, 0.3) is 0 Å². The molecule has 0 bridgehead atoms. The standard InChI is InChI=1S/C20H36O4/c1-16(2)10-8-6-4-5-7-9-15-24-20(22)18-13-11-17(12-14-18)19(21)23-3/h16-18H,4-15H2,1-3H3. The largest absolute Gasteiger partial charge is 0.469 e. The molecule has 0 aromatic carbocycles. The van der Waals surface area contributed by atoms with E-state index in [0.717, 1.165) is 44.4 Å². The van der Waals surface area contributed by atoms with Crippen molar-refractivity contribution in [2.45, 2.75) is 84.5 Å². The van der Waals surface area contributed by atoms with Gasteiger partial charge in [-0.15, -0.1) is 0 Å². The van der Waals surface area contributed by atoms with Gasteiger partial charge in [-0.2, -0.15) is 0 Å². The van der Waals surface area contributed by atoms with Crippen molar-refractivity contribution < 1.29 is 19.1 Å². The molecule has 4 heteroatoms. The van der Waals surface area contributed by atoms with Crippen molar-refractivity contribution in [3.63, 3.8) is 0 Å². The van der Waals surface area contributed by atoms with Gasteiger partial charge < -0.3 is 9.47 Å². The first-order chi connectivity index (χ1) is 11.5. The molecule has 24 heavy (non-hydrogen) atoms. The zero-order valence-electron chi connectivity index (χ0n) is 15.9.